The largest absolute Gasteiger partial charge is 1.00 e. The van der Waals surface area contributed by atoms with E-state index in [2.05, 4.69) is 22.5 Å². The van der Waals surface area contributed by atoms with Crippen LogP contribution in [0.4, 0.5) is 10.2 Å². The third-order valence-corrected chi connectivity index (χ3v) is 1.46. The normalized spacial score (nSPS) is 8.55. The molecule has 0 spiro atoms. The van der Waals surface area contributed by atoms with Gasteiger partial charge in [-0.2, -0.15) is 0 Å². The summed E-state index contributed by atoms with van der Waals surface area (Å²) in [5.41, 5.74) is 0. The minimum atomic E-state index is -0.403. The van der Waals surface area contributed by atoms with Crippen LogP contribution >= 0.6 is 12.2 Å². The average molecular weight is 182 g/mol. The molecular weight excluding hydrogens is 174 g/mol. The van der Waals surface area contributed by atoms with E-state index >= 15 is 0 Å². The van der Waals surface area contributed by atoms with Gasteiger partial charge in [0.15, 0.2) is 5.82 Å². The van der Waals surface area contributed by atoms with Crippen molar-refractivity contribution in [3.8, 4) is 0 Å². The van der Waals surface area contributed by atoms with Gasteiger partial charge in [-0.05, 0) is 6.07 Å². The molecule has 0 unspecified atom stereocenters. The molecule has 0 aliphatic carbocycles. The molecule has 1 aromatic heterocycles. The maximum atomic E-state index is 12.8. The Morgan fingerprint density at radius 1 is 1.73 bits per heavy atom. The molecule has 0 bridgehead atoms. The molecule has 1 heterocycles. The van der Waals surface area contributed by atoms with Crippen LogP contribution in [0.1, 0.15) is 1.43 Å². The first kappa shape index (κ1) is 11.1. The van der Waals surface area contributed by atoms with E-state index < -0.39 is 5.82 Å². The fourth-order valence-electron chi connectivity index (χ4n) is 0.642. The first-order chi connectivity index (χ1) is 4.75. The fraction of sp³-hybridized carbons (Fsp3) is 0.167. The Bertz CT molecular complexity index is 291. The second-order valence-electron chi connectivity index (χ2n) is 1.78. The van der Waals surface area contributed by atoms with Crippen molar-refractivity contribution in [2.75, 3.05) is 12.4 Å². The Morgan fingerprint density at radius 2 is 2.36 bits per heavy atom. The number of nitrogens with one attached hydrogen (secondary N) is 2. The van der Waals surface area contributed by atoms with Crippen LogP contribution in [0.15, 0.2) is 12.3 Å². The molecule has 1 aromatic rings. The summed E-state index contributed by atoms with van der Waals surface area (Å²) < 4.78 is 13.0. The number of H-pyrrole nitrogens is 1. The molecule has 0 aromatic carbocycles. The zero-order valence-electron chi connectivity index (χ0n) is 7.44. The molecule has 2 nitrogen and oxygen atoms in total. The quantitative estimate of drug-likeness (QED) is 0.432. The van der Waals surface area contributed by atoms with Gasteiger partial charge >= 0.3 is 29.6 Å². The molecule has 56 valence electrons. The van der Waals surface area contributed by atoms with E-state index in [0.29, 0.717) is 5.82 Å². The van der Waals surface area contributed by atoms with Crippen molar-refractivity contribution < 1.29 is 35.4 Å². The van der Waals surface area contributed by atoms with Gasteiger partial charge in [-0.15, -0.1) is 0 Å². The topological polar surface area (TPSA) is 27.8 Å². The van der Waals surface area contributed by atoms with Gasteiger partial charge in [-0.25, -0.2) is 4.39 Å². The number of hydrogen-bond acceptors (Lipinski definition) is 2. The Balaban J connectivity index is 0. The Hall–Kier alpha value is 0.1000. The standard InChI is InChI=1S/C6H7FN2S.Na.H/c1-8-6-5(7)4(10)2-3-9-6;;/h2-3H,1H3,(H2,8,9,10);;/q;+1;-1. The zero-order valence-corrected chi connectivity index (χ0v) is 9.26. The van der Waals surface area contributed by atoms with E-state index in [4.69, 9.17) is 0 Å². The van der Waals surface area contributed by atoms with Crippen LogP contribution < -0.4 is 34.9 Å². The number of aromatic amines is 1. The number of hydrogen-bond donors (Lipinski definition) is 2. The van der Waals surface area contributed by atoms with Crippen molar-refractivity contribution in [3.05, 3.63) is 22.6 Å². The third kappa shape index (κ3) is 2.56. The van der Waals surface area contributed by atoms with Crippen LogP contribution in [0.2, 0.25) is 0 Å². The number of aromatic nitrogens is 1. The van der Waals surface area contributed by atoms with Gasteiger partial charge in [0, 0.05) is 13.2 Å². The zero-order chi connectivity index (χ0) is 7.56. The van der Waals surface area contributed by atoms with Crippen molar-refractivity contribution in [2.45, 2.75) is 0 Å². The minimum absolute atomic E-state index is 0. The summed E-state index contributed by atoms with van der Waals surface area (Å²) in [7, 11) is 1.63. The van der Waals surface area contributed by atoms with Gasteiger partial charge in [-0.1, -0.05) is 12.2 Å². The molecule has 0 atom stereocenters. The van der Waals surface area contributed by atoms with Gasteiger partial charge in [0.25, 0.3) is 0 Å². The van der Waals surface area contributed by atoms with E-state index in [1.165, 1.54) is 6.07 Å². The summed E-state index contributed by atoms with van der Waals surface area (Å²) in [6.07, 6.45) is 1.59. The molecule has 0 fully saturated rings. The predicted molar refractivity (Wildman–Crippen MR) is 42.2 cm³/mol. The van der Waals surface area contributed by atoms with E-state index in [1.807, 2.05) is 0 Å². The van der Waals surface area contributed by atoms with Gasteiger partial charge in [0.05, 0.1) is 4.51 Å². The van der Waals surface area contributed by atoms with E-state index in [-0.39, 0.29) is 35.5 Å². The monoisotopic (exact) mass is 182 g/mol. The SMILES string of the molecule is CNc1[nH]ccc(=S)c1F.[H-].[Na+]. The van der Waals surface area contributed by atoms with Crippen LogP contribution in [0.25, 0.3) is 0 Å². The van der Waals surface area contributed by atoms with Crippen LogP contribution in [-0.2, 0) is 0 Å². The van der Waals surface area contributed by atoms with Gasteiger partial charge in [0.2, 0.25) is 0 Å². The number of pyridine rings is 1. The van der Waals surface area contributed by atoms with Crippen LogP contribution in [0.3, 0.4) is 0 Å². The Morgan fingerprint density at radius 3 is 2.82 bits per heavy atom. The van der Waals surface area contributed by atoms with Crippen molar-refractivity contribution in [1.82, 2.24) is 4.98 Å². The second-order valence-corrected chi connectivity index (χ2v) is 2.22. The summed E-state index contributed by atoms with van der Waals surface area (Å²) in [4.78, 5) is 2.67. The molecule has 0 radical (unpaired) electrons. The predicted octanol–water partition coefficient (Wildman–Crippen LogP) is -0.959. The average Bonchev–Trinajstić information content (AvgIpc) is 1.95. The van der Waals surface area contributed by atoms with E-state index in [1.54, 1.807) is 13.2 Å². The van der Waals surface area contributed by atoms with Gasteiger partial charge < -0.3 is 11.7 Å². The Kier molecular flexibility index (Phi) is 4.92. The first-order valence-electron chi connectivity index (χ1n) is 2.80. The molecule has 0 amide bonds. The molecule has 2 N–H and O–H groups in total. The van der Waals surface area contributed by atoms with E-state index in [9.17, 15) is 4.39 Å². The number of halogens is 1. The van der Waals surface area contributed by atoms with Gasteiger partial charge in [0.1, 0.15) is 5.82 Å². The molecule has 1 rings (SSSR count). The molecule has 5 heteroatoms. The molecule has 11 heavy (non-hydrogen) atoms. The minimum Gasteiger partial charge on any atom is -1.00 e. The summed E-state index contributed by atoms with van der Waals surface area (Å²) in [5, 5.41) is 2.64. The van der Waals surface area contributed by atoms with Crippen LogP contribution in [0.5, 0.6) is 0 Å². The van der Waals surface area contributed by atoms with Crippen molar-refractivity contribution in [2.24, 2.45) is 0 Å². The summed E-state index contributed by atoms with van der Waals surface area (Å²) in [5.74, 6) is -0.0764. The maximum absolute atomic E-state index is 12.8. The first-order valence-corrected chi connectivity index (χ1v) is 3.21. The summed E-state index contributed by atoms with van der Waals surface area (Å²) in [6.45, 7) is 0. The molecular formula is C6H8FN2NaS. The van der Waals surface area contributed by atoms with E-state index in [0.717, 1.165) is 0 Å². The number of anilines is 1. The van der Waals surface area contributed by atoms with Crippen LogP contribution in [-0.4, -0.2) is 12.0 Å². The van der Waals surface area contributed by atoms with Crippen molar-refractivity contribution >= 4 is 18.0 Å². The van der Waals surface area contributed by atoms with Crippen molar-refractivity contribution in [3.63, 3.8) is 0 Å². The smallest absolute Gasteiger partial charge is 1.00 e. The maximum Gasteiger partial charge on any atom is 1.00 e. The fourth-order valence-corrected chi connectivity index (χ4v) is 0.812. The van der Waals surface area contributed by atoms with Crippen LogP contribution in [0, 0.1) is 10.3 Å². The molecule has 0 saturated carbocycles. The van der Waals surface area contributed by atoms with Crippen molar-refractivity contribution in [1.29, 1.82) is 0 Å². The number of rotatable bonds is 1. The summed E-state index contributed by atoms with van der Waals surface area (Å²) >= 11 is 4.67. The Labute approximate surface area is 93.0 Å². The molecule has 0 aliphatic heterocycles. The molecule has 0 saturated heterocycles. The summed E-state index contributed by atoms with van der Waals surface area (Å²) in [6, 6.07) is 1.51. The third-order valence-electron chi connectivity index (χ3n) is 1.15. The second kappa shape index (κ2) is 4.87. The van der Waals surface area contributed by atoms with Gasteiger partial charge in [-0.3, -0.25) is 0 Å². The molecule has 0 aliphatic rings.